The maximum Gasteiger partial charge on any atom is 0.326 e. The maximum absolute atomic E-state index is 12.7. The fourth-order valence-electron chi connectivity index (χ4n) is 3.64. The minimum atomic E-state index is -1.18. The first kappa shape index (κ1) is 25.4. The van der Waals surface area contributed by atoms with Gasteiger partial charge < -0.3 is 32.5 Å². The summed E-state index contributed by atoms with van der Waals surface area (Å²) in [7, 11) is 0. The summed E-state index contributed by atoms with van der Waals surface area (Å²) in [5.74, 6) is -2.05. The van der Waals surface area contributed by atoms with Crippen LogP contribution in [0.1, 0.15) is 36.4 Å². The van der Waals surface area contributed by atoms with Crippen molar-refractivity contribution in [3.05, 3.63) is 59.7 Å². The van der Waals surface area contributed by atoms with Crippen molar-refractivity contribution in [2.24, 2.45) is 16.5 Å². The number of benzene rings is 2. The molecular weight excluding hydrogens is 450 g/mol. The number of aliphatic carboxylic acids is 1. The average molecular weight is 480 g/mol. The second-order valence-corrected chi connectivity index (χ2v) is 8.14. The van der Waals surface area contributed by atoms with Gasteiger partial charge in [-0.3, -0.25) is 15.0 Å². The number of nitrogens with one attached hydrogen (secondary N) is 4. The van der Waals surface area contributed by atoms with E-state index in [4.69, 9.17) is 16.9 Å². The van der Waals surface area contributed by atoms with Crippen LogP contribution < -0.4 is 27.4 Å². The summed E-state index contributed by atoms with van der Waals surface area (Å²) in [6, 6.07) is 12.0. The number of carboxylic acid groups (broad SMARTS) is 1. The van der Waals surface area contributed by atoms with Crippen LogP contribution in [0.15, 0.2) is 53.5 Å². The number of aliphatic imine (C=N–C) groups is 1. The lowest BCUT2D eigenvalue weighted by Gasteiger charge is -2.16. The van der Waals surface area contributed by atoms with E-state index in [-0.39, 0.29) is 24.0 Å². The summed E-state index contributed by atoms with van der Waals surface area (Å²) >= 11 is 0. The van der Waals surface area contributed by atoms with E-state index in [2.05, 4.69) is 20.9 Å². The van der Waals surface area contributed by atoms with Crippen LogP contribution in [0.3, 0.4) is 0 Å². The summed E-state index contributed by atoms with van der Waals surface area (Å²) in [4.78, 5) is 40.8. The number of anilines is 1. The van der Waals surface area contributed by atoms with Gasteiger partial charge in [-0.05, 0) is 36.6 Å². The van der Waals surface area contributed by atoms with Crippen molar-refractivity contribution < 1.29 is 19.5 Å². The first-order valence-corrected chi connectivity index (χ1v) is 11.2. The Labute approximate surface area is 202 Å². The summed E-state index contributed by atoms with van der Waals surface area (Å²) in [5.41, 5.74) is 14.0. The van der Waals surface area contributed by atoms with Crippen LogP contribution in [0.25, 0.3) is 0 Å². The number of carbonyl (C=O) groups is 3. The normalized spacial score (nSPS) is 14.9. The highest BCUT2D eigenvalue weighted by atomic mass is 16.4. The lowest BCUT2D eigenvalue weighted by atomic mass is 10.0. The molecule has 2 amide bonds. The minimum Gasteiger partial charge on any atom is -0.480 e. The molecule has 0 bridgehead atoms. The number of para-hydroxylation sites is 1. The third kappa shape index (κ3) is 7.11. The van der Waals surface area contributed by atoms with Crippen molar-refractivity contribution in [2.45, 2.75) is 37.8 Å². The fraction of sp³-hybridized carbons (Fsp3) is 0.292. The van der Waals surface area contributed by atoms with E-state index < -0.39 is 24.0 Å². The summed E-state index contributed by atoms with van der Waals surface area (Å²) in [6.07, 6.45) is 1.72. The number of unbranched alkanes of at least 4 members (excludes halogenated alkanes) is 1. The van der Waals surface area contributed by atoms with E-state index >= 15 is 0 Å². The molecule has 0 spiro atoms. The van der Waals surface area contributed by atoms with Gasteiger partial charge in [-0.1, -0.05) is 30.3 Å². The Morgan fingerprint density at radius 1 is 1.09 bits per heavy atom. The second kappa shape index (κ2) is 11.7. The van der Waals surface area contributed by atoms with Crippen molar-refractivity contribution in [1.82, 2.24) is 10.6 Å². The molecule has 1 heterocycles. The molecule has 2 aromatic rings. The van der Waals surface area contributed by atoms with E-state index in [9.17, 15) is 19.5 Å². The predicted octanol–water partition coefficient (Wildman–Crippen LogP) is 1.18. The summed E-state index contributed by atoms with van der Waals surface area (Å²) in [5, 5.41) is 24.7. The van der Waals surface area contributed by atoms with Crippen molar-refractivity contribution >= 4 is 40.8 Å². The Hall–Kier alpha value is -4.25. The van der Waals surface area contributed by atoms with Gasteiger partial charge in [-0.2, -0.15) is 0 Å². The standard InChI is InChI=1S/C24H29N7O4/c25-20-16-5-1-2-6-17(16)30-21(20)22(33)31-18(23(34)35)13-14-8-10-15(11-9-14)29-19(32)7-3-4-12-28-24(26)27/h1-2,5-6,8-11,18,20H,3-4,7,12-13,25H2,(H,29,32)(H,31,33)(H,34,35)(H4,26,27,28). The highest BCUT2D eigenvalue weighted by Gasteiger charge is 2.31. The number of hydrogen-bond acceptors (Lipinski definition) is 6. The Balaban J connectivity index is 1.51. The number of rotatable bonds is 11. The zero-order valence-electron chi connectivity index (χ0n) is 19.1. The molecule has 3 rings (SSSR count). The number of nitrogens with two attached hydrogens (primary N) is 2. The first-order valence-electron chi connectivity index (χ1n) is 11.2. The smallest absolute Gasteiger partial charge is 0.326 e. The molecule has 0 saturated heterocycles. The molecule has 0 radical (unpaired) electrons. The molecule has 0 fully saturated rings. The van der Waals surface area contributed by atoms with Crippen LogP contribution >= 0.6 is 0 Å². The number of carbonyl (C=O) groups excluding carboxylic acids is 2. The number of guanidine groups is 1. The summed E-state index contributed by atoms with van der Waals surface area (Å²) < 4.78 is 0. The van der Waals surface area contributed by atoms with E-state index in [1.165, 1.54) is 0 Å². The molecule has 11 nitrogen and oxygen atoms in total. The van der Waals surface area contributed by atoms with Crippen molar-refractivity contribution in [2.75, 3.05) is 11.9 Å². The van der Waals surface area contributed by atoms with Crippen LogP contribution in [0.2, 0.25) is 0 Å². The third-order valence-corrected chi connectivity index (χ3v) is 5.47. The van der Waals surface area contributed by atoms with Gasteiger partial charge in [0.25, 0.3) is 5.91 Å². The largest absolute Gasteiger partial charge is 0.480 e. The van der Waals surface area contributed by atoms with Gasteiger partial charge in [-0.15, -0.1) is 0 Å². The molecule has 2 aromatic carbocycles. The van der Waals surface area contributed by atoms with Gasteiger partial charge in [0.05, 0.1) is 11.7 Å². The average Bonchev–Trinajstić information content (AvgIpc) is 3.16. The van der Waals surface area contributed by atoms with Crippen LogP contribution in [0.4, 0.5) is 11.4 Å². The minimum absolute atomic E-state index is 0.0495. The molecule has 35 heavy (non-hydrogen) atoms. The topological polar surface area (TPSA) is 196 Å². The SMILES string of the molecule is N=C(N)NCCCCC(=O)Nc1ccc(CC(NC(=O)C2=Nc3ccccc3C2N)C(=O)O)cc1. The number of carboxylic acids is 1. The molecule has 11 heteroatoms. The Kier molecular flexibility index (Phi) is 8.52. The van der Waals surface area contributed by atoms with Gasteiger partial charge in [0.2, 0.25) is 5.91 Å². The van der Waals surface area contributed by atoms with E-state index in [1.54, 1.807) is 48.5 Å². The quantitative estimate of drug-likeness (QED) is 0.143. The molecule has 0 saturated carbocycles. The summed E-state index contributed by atoms with van der Waals surface area (Å²) in [6.45, 7) is 0.533. The molecule has 1 aliphatic rings. The van der Waals surface area contributed by atoms with Crippen molar-refractivity contribution in [3.63, 3.8) is 0 Å². The Morgan fingerprint density at radius 2 is 1.80 bits per heavy atom. The number of nitrogens with zero attached hydrogens (tertiary/aromatic N) is 1. The van der Waals surface area contributed by atoms with E-state index in [0.717, 1.165) is 5.56 Å². The monoisotopic (exact) mass is 479 g/mol. The van der Waals surface area contributed by atoms with Crippen LogP contribution in [-0.4, -0.2) is 47.1 Å². The number of hydrogen-bond donors (Lipinski definition) is 7. The van der Waals surface area contributed by atoms with Crippen LogP contribution in [0, 0.1) is 5.41 Å². The molecule has 2 unspecified atom stereocenters. The van der Waals surface area contributed by atoms with E-state index in [0.29, 0.717) is 42.7 Å². The van der Waals surface area contributed by atoms with E-state index in [1.807, 2.05) is 0 Å². The lowest BCUT2D eigenvalue weighted by Crippen LogP contribution is -2.46. The highest BCUT2D eigenvalue weighted by Crippen LogP contribution is 2.32. The van der Waals surface area contributed by atoms with Crippen LogP contribution in [0.5, 0.6) is 0 Å². The Bertz CT molecular complexity index is 1130. The zero-order chi connectivity index (χ0) is 25.4. The van der Waals surface area contributed by atoms with Gasteiger partial charge in [0.1, 0.15) is 11.8 Å². The molecule has 2 atom stereocenters. The van der Waals surface area contributed by atoms with Gasteiger partial charge >= 0.3 is 5.97 Å². The van der Waals surface area contributed by atoms with Gasteiger partial charge in [0.15, 0.2) is 5.96 Å². The number of amides is 2. The molecule has 0 aromatic heterocycles. The second-order valence-electron chi connectivity index (χ2n) is 8.14. The Morgan fingerprint density at radius 3 is 2.46 bits per heavy atom. The lowest BCUT2D eigenvalue weighted by molar-refractivity contribution is -0.141. The molecule has 184 valence electrons. The van der Waals surface area contributed by atoms with Crippen molar-refractivity contribution in [1.29, 1.82) is 5.41 Å². The molecule has 1 aliphatic heterocycles. The third-order valence-electron chi connectivity index (χ3n) is 5.47. The van der Waals surface area contributed by atoms with Gasteiger partial charge in [-0.25, -0.2) is 9.79 Å². The molecule has 9 N–H and O–H groups in total. The van der Waals surface area contributed by atoms with Crippen LogP contribution in [-0.2, 0) is 20.8 Å². The zero-order valence-corrected chi connectivity index (χ0v) is 19.1. The highest BCUT2D eigenvalue weighted by molar-refractivity contribution is 6.42. The maximum atomic E-state index is 12.7. The first-order chi connectivity index (χ1) is 16.7. The molecular formula is C24H29N7O4. The molecule has 0 aliphatic carbocycles. The fourth-order valence-corrected chi connectivity index (χ4v) is 3.64. The van der Waals surface area contributed by atoms with Crippen molar-refractivity contribution in [3.8, 4) is 0 Å². The number of fused-ring (bicyclic) bond motifs is 1. The predicted molar refractivity (Wildman–Crippen MR) is 133 cm³/mol. The van der Waals surface area contributed by atoms with Gasteiger partial charge in [0, 0.05) is 30.6 Å².